The fourth-order valence-corrected chi connectivity index (χ4v) is 5.86. The first-order valence-corrected chi connectivity index (χ1v) is 9.57. The highest BCUT2D eigenvalue weighted by molar-refractivity contribution is 7.92. The van der Waals surface area contributed by atoms with E-state index in [1.165, 1.54) is 7.11 Å². The van der Waals surface area contributed by atoms with Gasteiger partial charge in [-0.2, -0.15) is 0 Å². The summed E-state index contributed by atoms with van der Waals surface area (Å²) in [5.74, 6) is -0.345. The zero-order valence-electron chi connectivity index (χ0n) is 13.6. The largest absolute Gasteiger partial charge is 0.383 e. The van der Waals surface area contributed by atoms with Crippen molar-refractivity contribution in [2.75, 3.05) is 13.7 Å². The van der Waals surface area contributed by atoms with E-state index < -0.39 is 20.6 Å². The third-order valence-electron chi connectivity index (χ3n) is 4.59. The zero-order valence-corrected chi connectivity index (χ0v) is 15.1. The van der Waals surface area contributed by atoms with Crippen molar-refractivity contribution in [1.29, 1.82) is 0 Å². The summed E-state index contributed by atoms with van der Waals surface area (Å²) >= 11 is 6.06. The molecule has 3 atom stereocenters. The molecule has 0 amide bonds. The number of ether oxygens (including phenoxy) is 1. The molecule has 0 aliphatic heterocycles. The molecule has 3 rings (SSSR count). The predicted octanol–water partition coefficient (Wildman–Crippen LogP) is 2.93. The number of aryl methyl sites for hydroxylation is 1. The Kier molecular flexibility index (Phi) is 4.47. The second kappa shape index (κ2) is 6.15. The molecule has 0 heterocycles. The molecule has 128 valence electrons. The first kappa shape index (κ1) is 17.4. The Labute approximate surface area is 147 Å². The van der Waals surface area contributed by atoms with Gasteiger partial charge in [0.05, 0.1) is 22.3 Å². The summed E-state index contributed by atoms with van der Waals surface area (Å²) in [5.41, 5.74) is 7.31. The molecule has 1 fully saturated rings. The van der Waals surface area contributed by atoms with Gasteiger partial charge in [0.1, 0.15) is 0 Å². The summed E-state index contributed by atoms with van der Waals surface area (Å²) in [6.07, 6.45) is 0. The minimum atomic E-state index is -3.57. The maximum absolute atomic E-state index is 13.1. The van der Waals surface area contributed by atoms with Crippen LogP contribution in [0.5, 0.6) is 0 Å². The van der Waals surface area contributed by atoms with Gasteiger partial charge in [0.15, 0.2) is 9.84 Å². The molecular weight excluding hydrogens is 346 g/mol. The Morgan fingerprint density at radius 1 is 1.21 bits per heavy atom. The van der Waals surface area contributed by atoms with Gasteiger partial charge in [0, 0.05) is 18.1 Å². The van der Waals surface area contributed by atoms with Gasteiger partial charge in [-0.25, -0.2) is 8.42 Å². The molecule has 24 heavy (non-hydrogen) atoms. The Hall–Kier alpha value is -1.40. The molecule has 2 aromatic rings. The summed E-state index contributed by atoms with van der Waals surface area (Å²) in [5, 5.41) is -0.170. The van der Waals surface area contributed by atoms with E-state index >= 15 is 0 Å². The number of sulfone groups is 1. The van der Waals surface area contributed by atoms with Crippen LogP contribution in [0.1, 0.15) is 17.0 Å². The van der Waals surface area contributed by atoms with E-state index in [0.29, 0.717) is 5.02 Å². The second-order valence-corrected chi connectivity index (χ2v) is 8.86. The lowest BCUT2D eigenvalue weighted by molar-refractivity contribution is 0.171. The quantitative estimate of drug-likeness (QED) is 0.884. The number of hydrogen-bond acceptors (Lipinski definition) is 4. The predicted molar refractivity (Wildman–Crippen MR) is 95.1 cm³/mol. The average molecular weight is 366 g/mol. The Morgan fingerprint density at radius 3 is 2.46 bits per heavy atom. The molecule has 0 saturated heterocycles. The molecule has 2 aromatic carbocycles. The molecule has 0 aromatic heterocycles. The topological polar surface area (TPSA) is 69.4 Å². The van der Waals surface area contributed by atoms with Gasteiger partial charge in [0.2, 0.25) is 0 Å². The van der Waals surface area contributed by atoms with Crippen LogP contribution < -0.4 is 5.73 Å². The minimum absolute atomic E-state index is 0.167. The van der Waals surface area contributed by atoms with Crippen molar-refractivity contribution in [3.63, 3.8) is 0 Å². The minimum Gasteiger partial charge on any atom is -0.383 e. The van der Waals surface area contributed by atoms with E-state index in [1.54, 1.807) is 42.5 Å². The molecule has 2 N–H and O–H groups in total. The van der Waals surface area contributed by atoms with Crippen LogP contribution >= 0.6 is 11.6 Å². The van der Waals surface area contributed by atoms with Crippen LogP contribution in [-0.2, 0) is 14.6 Å². The highest BCUT2D eigenvalue weighted by Crippen LogP contribution is 2.56. The van der Waals surface area contributed by atoms with E-state index in [2.05, 4.69) is 0 Å². The van der Waals surface area contributed by atoms with Crippen LogP contribution in [-0.4, -0.2) is 32.9 Å². The first-order valence-electron chi connectivity index (χ1n) is 7.64. The molecule has 0 unspecified atom stereocenters. The van der Waals surface area contributed by atoms with Gasteiger partial charge in [0.25, 0.3) is 0 Å². The molecule has 0 spiro atoms. The fourth-order valence-electron chi connectivity index (χ4n) is 3.37. The Balaban J connectivity index is 2.03. The van der Waals surface area contributed by atoms with Crippen LogP contribution in [0.4, 0.5) is 0 Å². The van der Waals surface area contributed by atoms with Crippen molar-refractivity contribution in [1.82, 2.24) is 0 Å². The lowest BCUT2D eigenvalue weighted by atomic mass is 10.1. The molecule has 0 bridgehead atoms. The van der Waals surface area contributed by atoms with E-state index in [-0.39, 0.29) is 17.4 Å². The molecule has 1 saturated carbocycles. The SMILES string of the molecule is COC[C@]1(N)[C@H](c2cccc(Cl)c2)[C@H]1S(=O)(=O)c1ccc(C)cc1. The van der Waals surface area contributed by atoms with E-state index in [1.807, 2.05) is 13.0 Å². The molecule has 1 aliphatic carbocycles. The maximum Gasteiger partial charge on any atom is 0.183 e. The van der Waals surface area contributed by atoms with E-state index in [4.69, 9.17) is 22.1 Å². The molecule has 1 aliphatic rings. The zero-order chi connectivity index (χ0) is 17.5. The average Bonchev–Trinajstić information content (AvgIpc) is 3.14. The molecule has 6 heteroatoms. The van der Waals surface area contributed by atoms with Crippen molar-refractivity contribution in [2.45, 2.75) is 28.5 Å². The number of methoxy groups -OCH3 is 1. The highest BCUT2D eigenvalue weighted by atomic mass is 35.5. The second-order valence-electron chi connectivity index (χ2n) is 6.36. The summed E-state index contributed by atoms with van der Waals surface area (Å²) < 4.78 is 31.4. The third kappa shape index (κ3) is 2.86. The number of halogens is 1. The number of nitrogens with two attached hydrogens (primary N) is 1. The van der Waals surface area contributed by atoms with Gasteiger partial charge in [-0.05, 0) is 36.8 Å². The van der Waals surface area contributed by atoms with Gasteiger partial charge >= 0.3 is 0 Å². The molecule has 4 nitrogen and oxygen atoms in total. The van der Waals surface area contributed by atoms with Crippen molar-refractivity contribution in [3.8, 4) is 0 Å². The van der Waals surface area contributed by atoms with E-state index in [0.717, 1.165) is 11.1 Å². The smallest absolute Gasteiger partial charge is 0.183 e. The van der Waals surface area contributed by atoms with Crippen LogP contribution in [0.3, 0.4) is 0 Å². The molecule has 0 radical (unpaired) electrons. The standard InChI is InChI=1S/C18H20ClNO3S/c1-12-6-8-15(9-7-12)24(21,22)17-16(18(17,20)11-23-2)13-4-3-5-14(19)10-13/h3-10,16-17H,11,20H2,1-2H3/t16-,17-,18+/m1/s1. The Morgan fingerprint density at radius 2 is 1.88 bits per heavy atom. The number of benzene rings is 2. The van der Waals surface area contributed by atoms with Gasteiger partial charge in [-0.15, -0.1) is 0 Å². The van der Waals surface area contributed by atoms with E-state index in [9.17, 15) is 8.42 Å². The van der Waals surface area contributed by atoms with Gasteiger partial charge in [-0.1, -0.05) is 41.4 Å². The number of rotatable bonds is 5. The van der Waals surface area contributed by atoms with Crippen LogP contribution in [0.15, 0.2) is 53.4 Å². The maximum atomic E-state index is 13.1. The number of hydrogen-bond donors (Lipinski definition) is 1. The summed E-state index contributed by atoms with van der Waals surface area (Å²) in [6.45, 7) is 2.08. The van der Waals surface area contributed by atoms with Crippen molar-refractivity contribution in [2.24, 2.45) is 5.73 Å². The van der Waals surface area contributed by atoms with Crippen molar-refractivity contribution in [3.05, 3.63) is 64.7 Å². The normalized spacial score (nSPS) is 26.3. The first-order chi connectivity index (χ1) is 11.3. The monoisotopic (exact) mass is 365 g/mol. The van der Waals surface area contributed by atoms with Crippen LogP contribution in [0.2, 0.25) is 5.02 Å². The lowest BCUT2D eigenvalue weighted by Crippen LogP contribution is -2.35. The van der Waals surface area contributed by atoms with Gasteiger partial charge in [-0.3, -0.25) is 0 Å². The van der Waals surface area contributed by atoms with Crippen LogP contribution in [0, 0.1) is 6.92 Å². The van der Waals surface area contributed by atoms with Crippen molar-refractivity contribution >= 4 is 21.4 Å². The highest BCUT2D eigenvalue weighted by Gasteiger charge is 2.69. The summed E-state index contributed by atoms with van der Waals surface area (Å²) in [7, 11) is -2.05. The lowest BCUT2D eigenvalue weighted by Gasteiger charge is -2.11. The summed E-state index contributed by atoms with van der Waals surface area (Å²) in [6, 6.07) is 14.0. The van der Waals surface area contributed by atoms with Crippen LogP contribution in [0.25, 0.3) is 0 Å². The third-order valence-corrected chi connectivity index (χ3v) is 7.13. The van der Waals surface area contributed by atoms with Gasteiger partial charge < -0.3 is 10.5 Å². The van der Waals surface area contributed by atoms with Crippen molar-refractivity contribution < 1.29 is 13.2 Å². The summed E-state index contributed by atoms with van der Waals surface area (Å²) in [4.78, 5) is 0.286. The molecular formula is C18H20ClNO3S. The fraction of sp³-hybridized carbons (Fsp3) is 0.333. The Bertz CT molecular complexity index is 851.